The van der Waals surface area contributed by atoms with Crippen molar-refractivity contribution < 1.29 is 9.59 Å². The fraction of sp³-hybridized carbons (Fsp3) is 0.458. The van der Waals surface area contributed by atoms with E-state index in [4.69, 9.17) is 0 Å². The van der Waals surface area contributed by atoms with Crippen LogP contribution in [0.3, 0.4) is 0 Å². The molecule has 1 aromatic carbocycles. The molecule has 3 aliphatic rings. The third-order valence-electron chi connectivity index (χ3n) is 7.15. The predicted molar refractivity (Wildman–Crippen MR) is 111 cm³/mol. The summed E-state index contributed by atoms with van der Waals surface area (Å²) in [6.45, 7) is 0.602. The molecule has 2 aromatic rings. The fourth-order valence-electron chi connectivity index (χ4n) is 5.73. The maximum absolute atomic E-state index is 13.3. The van der Waals surface area contributed by atoms with Gasteiger partial charge in [0.2, 0.25) is 11.8 Å². The minimum Gasteiger partial charge on any atom is -0.334 e. The van der Waals surface area contributed by atoms with Crippen LogP contribution in [0.4, 0.5) is 5.69 Å². The summed E-state index contributed by atoms with van der Waals surface area (Å²) in [6, 6.07) is 11.5. The first-order valence-corrected chi connectivity index (χ1v) is 10.8. The quantitative estimate of drug-likeness (QED) is 0.852. The fourth-order valence-corrected chi connectivity index (χ4v) is 5.73. The van der Waals surface area contributed by atoms with Crippen LogP contribution in [0.1, 0.15) is 62.1 Å². The number of aromatic nitrogens is 1. The molecule has 0 bridgehead atoms. The second-order valence-electron chi connectivity index (χ2n) is 8.69. The summed E-state index contributed by atoms with van der Waals surface area (Å²) in [7, 11) is 0. The second-order valence-corrected chi connectivity index (χ2v) is 8.69. The smallest absolute Gasteiger partial charge is 0.237 e. The molecule has 2 unspecified atom stereocenters. The Morgan fingerprint density at radius 1 is 1.17 bits per heavy atom. The van der Waals surface area contributed by atoms with E-state index in [0.717, 1.165) is 23.2 Å². The van der Waals surface area contributed by atoms with Gasteiger partial charge in [-0.05, 0) is 42.0 Å². The van der Waals surface area contributed by atoms with Crippen molar-refractivity contribution in [3.63, 3.8) is 0 Å². The number of hydrogen-bond acceptors (Lipinski definition) is 3. The van der Waals surface area contributed by atoms with Gasteiger partial charge in [-0.2, -0.15) is 0 Å². The number of benzene rings is 1. The molecule has 3 heterocycles. The van der Waals surface area contributed by atoms with Gasteiger partial charge in [-0.25, -0.2) is 0 Å². The first-order chi connectivity index (χ1) is 14.2. The standard InChI is InChI=1S/C24H27N3O2/c28-21(12-11-17-6-1-2-7-17)27-15-13-24(22(27)18-8-5-14-25-16-18)19-9-3-4-10-20(19)26-23(24)29/h3-5,8-10,14,16-17,22H,1-2,6-7,11-13,15H2,(H,26,29). The maximum Gasteiger partial charge on any atom is 0.237 e. The number of amides is 2. The van der Waals surface area contributed by atoms with E-state index in [9.17, 15) is 9.59 Å². The molecular weight excluding hydrogens is 362 g/mol. The summed E-state index contributed by atoms with van der Waals surface area (Å²) in [4.78, 5) is 32.9. The van der Waals surface area contributed by atoms with Gasteiger partial charge in [0.05, 0.1) is 6.04 Å². The maximum atomic E-state index is 13.3. The number of nitrogens with zero attached hydrogens (tertiary/aromatic N) is 2. The Morgan fingerprint density at radius 3 is 2.79 bits per heavy atom. The predicted octanol–water partition coefficient (Wildman–Crippen LogP) is 4.22. The lowest BCUT2D eigenvalue weighted by Gasteiger charge is -2.34. The van der Waals surface area contributed by atoms with Gasteiger partial charge in [-0.1, -0.05) is 49.9 Å². The largest absolute Gasteiger partial charge is 0.334 e. The highest BCUT2D eigenvalue weighted by Gasteiger charge is 2.59. The van der Waals surface area contributed by atoms with Crippen molar-refractivity contribution in [3.8, 4) is 0 Å². The van der Waals surface area contributed by atoms with E-state index in [2.05, 4.69) is 10.3 Å². The third-order valence-corrected chi connectivity index (χ3v) is 7.15. The van der Waals surface area contributed by atoms with E-state index in [1.807, 2.05) is 47.5 Å². The van der Waals surface area contributed by atoms with Gasteiger partial charge in [0.1, 0.15) is 5.41 Å². The molecule has 2 aliphatic heterocycles. The zero-order valence-electron chi connectivity index (χ0n) is 16.6. The van der Waals surface area contributed by atoms with Crippen molar-refractivity contribution in [1.29, 1.82) is 0 Å². The van der Waals surface area contributed by atoms with Crippen molar-refractivity contribution in [2.75, 3.05) is 11.9 Å². The number of nitrogens with one attached hydrogen (secondary N) is 1. The van der Waals surface area contributed by atoms with Crippen LogP contribution in [-0.2, 0) is 15.0 Å². The Hall–Kier alpha value is -2.69. The molecule has 5 heteroatoms. The van der Waals surface area contributed by atoms with Crippen LogP contribution in [-0.4, -0.2) is 28.2 Å². The zero-order valence-corrected chi connectivity index (χ0v) is 16.6. The summed E-state index contributed by atoms with van der Waals surface area (Å²) < 4.78 is 0. The lowest BCUT2D eigenvalue weighted by Crippen LogP contribution is -2.42. The number of fused-ring (bicyclic) bond motifs is 2. The van der Waals surface area contributed by atoms with Gasteiger partial charge in [-0.3, -0.25) is 14.6 Å². The summed E-state index contributed by atoms with van der Waals surface area (Å²) in [6.07, 6.45) is 10.8. The van der Waals surface area contributed by atoms with Crippen molar-refractivity contribution >= 4 is 17.5 Å². The first-order valence-electron chi connectivity index (χ1n) is 10.8. The number of anilines is 1. The molecule has 1 saturated heterocycles. The average Bonchev–Trinajstić information content (AvgIpc) is 3.47. The minimum atomic E-state index is -0.733. The topological polar surface area (TPSA) is 62.3 Å². The Labute approximate surface area is 171 Å². The number of carbonyl (C=O) groups excluding carboxylic acids is 2. The summed E-state index contributed by atoms with van der Waals surface area (Å²) in [5.41, 5.74) is 2.07. The summed E-state index contributed by atoms with van der Waals surface area (Å²) in [5, 5.41) is 3.07. The molecule has 1 aliphatic carbocycles. The highest BCUT2D eigenvalue weighted by molar-refractivity contribution is 6.07. The van der Waals surface area contributed by atoms with Crippen molar-refractivity contribution in [3.05, 3.63) is 59.9 Å². The van der Waals surface area contributed by atoms with E-state index in [0.29, 0.717) is 25.3 Å². The van der Waals surface area contributed by atoms with Crippen molar-refractivity contribution in [2.24, 2.45) is 5.92 Å². The summed E-state index contributed by atoms with van der Waals surface area (Å²) in [5.74, 6) is 0.848. The van der Waals surface area contributed by atoms with Gasteiger partial charge in [0, 0.05) is 31.0 Å². The van der Waals surface area contributed by atoms with Gasteiger partial charge >= 0.3 is 0 Å². The molecular formula is C24H27N3O2. The van der Waals surface area contributed by atoms with Crippen LogP contribution in [0.25, 0.3) is 0 Å². The monoisotopic (exact) mass is 389 g/mol. The molecule has 2 fully saturated rings. The van der Waals surface area contributed by atoms with Gasteiger partial charge in [0.25, 0.3) is 0 Å². The van der Waals surface area contributed by atoms with E-state index in [1.165, 1.54) is 25.7 Å². The van der Waals surface area contributed by atoms with Crippen molar-refractivity contribution in [2.45, 2.75) is 56.4 Å². The lowest BCUT2D eigenvalue weighted by molar-refractivity contribution is -0.133. The normalized spacial score (nSPS) is 26.1. The van der Waals surface area contributed by atoms with Crippen LogP contribution >= 0.6 is 0 Å². The second kappa shape index (κ2) is 7.29. The molecule has 5 rings (SSSR count). The molecule has 2 atom stereocenters. The molecule has 5 nitrogen and oxygen atoms in total. The number of carbonyl (C=O) groups is 2. The number of likely N-dealkylation sites (tertiary alicyclic amines) is 1. The van der Waals surface area contributed by atoms with E-state index in [1.54, 1.807) is 6.20 Å². The van der Waals surface area contributed by atoms with Crippen LogP contribution in [0.15, 0.2) is 48.8 Å². The molecule has 2 amide bonds. The molecule has 1 saturated carbocycles. The van der Waals surface area contributed by atoms with Gasteiger partial charge in [0.15, 0.2) is 0 Å². The van der Waals surface area contributed by atoms with Gasteiger partial charge < -0.3 is 10.2 Å². The highest BCUT2D eigenvalue weighted by Crippen LogP contribution is 2.54. The Morgan fingerprint density at radius 2 is 2.00 bits per heavy atom. The molecule has 0 radical (unpaired) electrons. The zero-order chi connectivity index (χ0) is 19.8. The van der Waals surface area contributed by atoms with Crippen LogP contribution in [0.2, 0.25) is 0 Å². The number of rotatable bonds is 4. The third kappa shape index (κ3) is 2.95. The molecule has 1 N–H and O–H groups in total. The number of pyridine rings is 1. The lowest BCUT2D eigenvalue weighted by atomic mass is 9.73. The number of para-hydroxylation sites is 1. The Kier molecular flexibility index (Phi) is 4.61. The molecule has 29 heavy (non-hydrogen) atoms. The molecule has 1 spiro atoms. The van der Waals surface area contributed by atoms with Crippen LogP contribution in [0.5, 0.6) is 0 Å². The molecule has 1 aromatic heterocycles. The Bertz CT molecular complexity index is 923. The van der Waals surface area contributed by atoms with E-state index in [-0.39, 0.29) is 17.9 Å². The van der Waals surface area contributed by atoms with Gasteiger partial charge in [-0.15, -0.1) is 0 Å². The molecule has 150 valence electrons. The van der Waals surface area contributed by atoms with E-state index < -0.39 is 5.41 Å². The van der Waals surface area contributed by atoms with E-state index >= 15 is 0 Å². The van der Waals surface area contributed by atoms with Crippen LogP contribution < -0.4 is 5.32 Å². The Balaban J connectivity index is 1.50. The first kappa shape index (κ1) is 18.3. The van der Waals surface area contributed by atoms with Crippen molar-refractivity contribution in [1.82, 2.24) is 9.88 Å². The van der Waals surface area contributed by atoms with Crippen LogP contribution in [0, 0.1) is 5.92 Å². The number of hydrogen-bond donors (Lipinski definition) is 1. The average molecular weight is 389 g/mol. The summed E-state index contributed by atoms with van der Waals surface area (Å²) >= 11 is 0. The minimum absolute atomic E-state index is 0.00125. The highest BCUT2D eigenvalue weighted by atomic mass is 16.2. The SMILES string of the molecule is O=C(CCC1CCCC1)N1CCC2(C(=O)Nc3ccccc32)C1c1cccnc1.